The van der Waals surface area contributed by atoms with Crippen LogP contribution in [-0.4, -0.2) is 25.0 Å². The number of hydrogen-bond donors (Lipinski definition) is 3. The van der Waals surface area contributed by atoms with Gasteiger partial charge >= 0.3 is 0 Å². The lowest BCUT2D eigenvalue weighted by molar-refractivity contribution is 0.462. The highest BCUT2D eigenvalue weighted by Gasteiger charge is 2.05. The molecule has 0 heterocycles. The van der Waals surface area contributed by atoms with E-state index in [1.807, 2.05) is 0 Å². The number of unbranched alkanes of at least 4 members (excludes halogenated alkanes) is 2. The number of aliphatic imine (C=N–C) groups is 2. The second-order valence-corrected chi connectivity index (χ2v) is 4.89. The zero-order chi connectivity index (χ0) is 14.5. The topological polar surface area (TPSA) is 88.8 Å². The van der Waals surface area contributed by atoms with Gasteiger partial charge < -0.3 is 11.5 Å². The Bertz CT molecular complexity index is 273. The minimum atomic E-state index is 0.358. The molecule has 0 aromatic carbocycles. The number of nitrogens with one attached hydrogen (secondary N) is 1. The van der Waals surface area contributed by atoms with Gasteiger partial charge in [0.1, 0.15) is 0 Å². The molecule has 0 aliphatic rings. The van der Waals surface area contributed by atoms with E-state index in [2.05, 4.69) is 36.1 Å². The second kappa shape index (κ2) is 11.8. The summed E-state index contributed by atoms with van der Waals surface area (Å²) < 4.78 is 0. The Morgan fingerprint density at radius 2 is 1.63 bits per heavy atom. The van der Waals surface area contributed by atoms with Gasteiger partial charge in [0.15, 0.2) is 11.9 Å². The Labute approximate surface area is 118 Å². The van der Waals surface area contributed by atoms with Crippen molar-refractivity contribution in [2.24, 2.45) is 27.4 Å². The lowest BCUT2D eigenvalue weighted by Gasteiger charge is -2.12. The molecule has 19 heavy (non-hydrogen) atoms. The molecular formula is C14H31N5. The highest BCUT2D eigenvalue weighted by Crippen LogP contribution is 2.12. The molecule has 1 unspecified atom stereocenters. The van der Waals surface area contributed by atoms with Gasteiger partial charge in [0, 0.05) is 13.1 Å². The maximum absolute atomic E-state index is 5.79. The van der Waals surface area contributed by atoms with Gasteiger partial charge in [0.05, 0.1) is 0 Å². The van der Waals surface area contributed by atoms with Gasteiger partial charge in [-0.15, -0.1) is 0 Å². The summed E-state index contributed by atoms with van der Waals surface area (Å²) in [6.45, 7) is 8.02. The predicted octanol–water partition coefficient (Wildman–Crippen LogP) is 2.22. The summed E-state index contributed by atoms with van der Waals surface area (Å²) >= 11 is 0. The Kier molecular flexibility index (Phi) is 11.0. The van der Waals surface area contributed by atoms with Crippen LogP contribution in [0.2, 0.25) is 0 Å². The van der Waals surface area contributed by atoms with E-state index in [0.29, 0.717) is 17.8 Å². The molecule has 0 fully saturated rings. The van der Waals surface area contributed by atoms with Crippen LogP contribution in [0, 0.1) is 5.92 Å². The molecule has 1 atom stereocenters. The first kappa shape index (κ1) is 17.7. The maximum Gasteiger partial charge on any atom is 0.195 e. The van der Waals surface area contributed by atoms with Gasteiger partial charge in [-0.25, -0.2) is 0 Å². The maximum atomic E-state index is 5.79. The summed E-state index contributed by atoms with van der Waals surface area (Å²) in [6.07, 6.45) is 6.97. The molecule has 0 aliphatic carbocycles. The van der Waals surface area contributed by atoms with Crippen molar-refractivity contribution in [3.05, 3.63) is 0 Å². The van der Waals surface area contributed by atoms with Crippen LogP contribution in [0.5, 0.6) is 0 Å². The Hall–Kier alpha value is -1.26. The number of nitrogens with two attached hydrogens (primary N) is 2. The van der Waals surface area contributed by atoms with Gasteiger partial charge in [0.2, 0.25) is 0 Å². The van der Waals surface area contributed by atoms with Crippen molar-refractivity contribution in [1.82, 2.24) is 5.32 Å². The minimum absolute atomic E-state index is 0.358. The average molecular weight is 269 g/mol. The first-order chi connectivity index (χ1) is 9.13. The molecule has 0 amide bonds. The van der Waals surface area contributed by atoms with Crippen molar-refractivity contribution < 1.29 is 0 Å². The van der Waals surface area contributed by atoms with Crippen molar-refractivity contribution >= 4 is 11.9 Å². The third-order valence-electron chi connectivity index (χ3n) is 3.11. The summed E-state index contributed by atoms with van der Waals surface area (Å²) in [5, 5.41) is 2.83. The molecule has 0 saturated heterocycles. The first-order valence-corrected chi connectivity index (χ1v) is 7.50. The molecule has 0 aliphatic heterocycles. The van der Waals surface area contributed by atoms with Crippen LogP contribution in [0.3, 0.4) is 0 Å². The van der Waals surface area contributed by atoms with Crippen molar-refractivity contribution in [3.8, 4) is 0 Å². The van der Waals surface area contributed by atoms with E-state index in [9.17, 15) is 0 Å². The highest BCUT2D eigenvalue weighted by atomic mass is 15.2. The first-order valence-electron chi connectivity index (χ1n) is 7.50. The van der Waals surface area contributed by atoms with Crippen LogP contribution in [0.25, 0.3) is 0 Å². The van der Waals surface area contributed by atoms with Crippen molar-refractivity contribution in [2.75, 3.05) is 13.1 Å². The van der Waals surface area contributed by atoms with Crippen LogP contribution >= 0.6 is 0 Å². The smallest absolute Gasteiger partial charge is 0.195 e. The van der Waals surface area contributed by atoms with E-state index in [1.54, 1.807) is 0 Å². The van der Waals surface area contributed by atoms with Crippen LogP contribution in [0.4, 0.5) is 0 Å². The third kappa shape index (κ3) is 10.4. The lowest BCUT2D eigenvalue weighted by Crippen LogP contribution is -2.42. The van der Waals surface area contributed by atoms with Gasteiger partial charge in [-0.3, -0.25) is 15.3 Å². The Morgan fingerprint density at radius 3 is 2.21 bits per heavy atom. The molecule has 112 valence electrons. The van der Waals surface area contributed by atoms with Crippen molar-refractivity contribution in [2.45, 2.75) is 59.3 Å². The van der Waals surface area contributed by atoms with Crippen LogP contribution in [0.1, 0.15) is 59.3 Å². The van der Waals surface area contributed by atoms with Gasteiger partial charge in [-0.1, -0.05) is 46.5 Å². The van der Waals surface area contributed by atoms with Gasteiger partial charge in [-0.2, -0.15) is 0 Å². The van der Waals surface area contributed by atoms with E-state index >= 15 is 0 Å². The molecule has 0 aromatic heterocycles. The summed E-state index contributed by atoms with van der Waals surface area (Å²) in [5.74, 6) is 1.34. The van der Waals surface area contributed by atoms with Crippen LogP contribution in [-0.2, 0) is 0 Å². The third-order valence-corrected chi connectivity index (χ3v) is 3.11. The fraction of sp³-hybridized carbons (Fsp3) is 0.857. The second-order valence-electron chi connectivity index (χ2n) is 4.89. The highest BCUT2D eigenvalue weighted by molar-refractivity contribution is 5.96. The Balaban J connectivity index is 4.06. The predicted molar refractivity (Wildman–Crippen MR) is 84.3 cm³/mol. The summed E-state index contributed by atoms with van der Waals surface area (Å²) in [7, 11) is 0. The summed E-state index contributed by atoms with van der Waals surface area (Å²) in [5.41, 5.74) is 11.5. The minimum Gasteiger partial charge on any atom is -0.370 e. The van der Waals surface area contributed by atoms with Crippen LogP contribution in [0.15, 0.2) is 9.98 Å². The number of guanidine groups is 2. The SMILES string of the molecule is CCCC/N=C(/N)N/C(N)=N\CC(CC)CCCC. The average Bonchev–Trinajstić information content (AvgIpc) is 2.39. The molecule has 0 aromatic rings. The molecule has 5 heteroatoms. The lowest BCUT2D eigenvalue weighted by atomic mass is 10.00. The van der Waals surface area contributed by atoms with Gasteiger partial charge in [-0.05, 0) is 18.8 Å². The number of nitrogens with zero attached hydrogens (tertiary/aromatic N) is 2. The van der Waals surface area contributed by atoms with E-state index in [1.165, 1.54) is 19.3 Å². The summed E-state index contributed by atoms with van der Waals surface area (Å²) in [4.78, 5) is 8.51. The molecule has 0 radical (unpaired) electrons. The fourth-order valence-corrected chi connectivity index (χ4v) is 1.71. The molecule has 5 N–H and O–H groups in total. The molecule has 0 bridgehead atoms. The zero-order valence-electron chi connectivity index (χ0n) is 12.8. The normalized spacial score (nSPS) is 14.5. The largest absolute Gasteiger partial charge is 0.370 e. The van der Waals surface area contributed by atoms with E-state index < -0.39 is 0 Å². The van der Waals surface area contributed by atoms with Gasteiger partial charge in [0.25, 0.3) is 0 Å². The monoisotopic (exact) mass is 269 g/mol. The Morgan fingerprint density at radius 1 is 1.00 bits per heavy atom. The molecule has 5 nitrogen and oxygen atoms in total. The van der Waals surface area contributed by atoms with Crippen molar-refractivity contribution in [1.29, 1.82) is 0 Å². The van der Waals surface area contributed by atoms with E-state index in [4.69, 9.17) is 11.5 Å². The molecule has 0 spiro atoms. The number of rotatable bonds is 9. The molecule has 0 rings (SSSR count). The van der Waals surface area contributed by atoms with Crippen molar-refractivity contribution in [3.63, 3.8) is 0 Å². The van der Waals surface area contributed by atoms with Crippen LogP contribution < -0.4 is 16.8 Å². The zero-order valence-corrected chi connectivity index (χ0v) is 12.8. The van der Waals surface area contributed by atoms with E-state index in [-0.39, 0.29) is 0 Å². The number of hydrogen-bond acceptors (Lipinski definition) is 2. The molecular weight excluding hydrogens is 238 g/mol. The molecule has 0 saturated carbocycles. The quantitative estimate of drug-likeness (QED) is 0.340. The fourth-order valence-electron chi connectivity index (χ4n) is 1.71. The van der Waals surface area contributed by atoms with E-state index in [0.717, 1.165) is 32.4 Å². The summed E-state index contributed by atoms with van der Waals surface area (Å²) in [6, 6.07) is 0. The standard InChI is InChI=1S/C14H31N5/c1-4-7-9-12(6-3)11-18-14(16)19-13(15)17-10-8-5-2/h12H,4-11H2,1-3H3,(H5,15,16,17,18,19).